The highest BCUT2D eigenvalue weighted by Gasteiger charge is 2.11. The Morgan fingerprint density at radius 2 is 1.47 bits per heavy atom. The van der Waals surface area contributed by atoms with Crippen molar-refractivity contribution in [2.45, 2.75) is 24.7 Å². The van der Waals surface area contributed by atoms with Gasteiger partial charge in [0.05, 0.1) is 11.3 Å². The Morgan fingerprint density at radius 1 is 0.867 bits per heavy atom. The van der Waals surface area contributed by atoms with Crippen LogP contribution in [0.5, 0.6) is 0 Å². The topological polar surface area (TPSA) is 58.2 Å². The maximum atomic E-state index is 13.7. The molecule has 3 rings (SSSR count). The van der Waals surface area contributed by atoms with Gasteiger partial charge >= 0.3 is 0 Å². The average Bonchev–Trinajstić information content (AvgIpc) is 2.74. The first-order valence-electron chi connectivity index (χ1n) is 9.61. The van der Waals surface area contributed by atoms with Gasteiger partial charge in [0.2, 0.25) is 5.91 Å². The Kier molecular flexibility index (Phi) is 7.25. The molecule has 4 nitrogen and oxygen atoms in total. The van der Waals surface area contributed by atoms with Crippen molar-refractivity contribution in [1.82, 2.24) is 0 Å². The summed E-state index contributed by atoms with van der Waals surface area (Å²) in [4.78, 5) is 25.2. The number of thioether (sulfide) groups is 1. The summed E-state index contributed by atoms with van der Waals surface area (Å²) < 4.78 is 13.7. The molecule has 0 saturated heterocycles. The van der Waals surface area contributed by atoms with Gasteiger partial charge in [-0.05, 0) is 60.0 Å². The number of anilines is 2. The van der Waals surface area contributed by atoms with Crippen LogP contribution in [0.3, 0.4) is 0 Å². The zero-order chi connectivity index (χ0) is 21.5. The van der Waals surface area contributed by atoms with Crippen molar-refractivity contribution in [3.8, 4) is 0 Å². The summed E-state index contributed by atoms with van der Waals surface area (Å²) in [6.07, 6.45) is 0. The molecule has 0 heterocycles. The fourth-order valence-electron chi connectivity index (χ4n) is 2.78. The van der Waals surface area contributed by atoms with Crippen molar-refractivity contribution < 1.29 is 14.0 Å². The van der Waals surface area contributed by atoms with E-state index in [4.69, 9.17) is 0 Å². The van der Waals surface area contributed by atoms with E-state index in [0.717, 1.165) is 10.6 Å². The third-order valence-electron chi connectivity index (χ3n) is 4.46. The smallest absolute Gasteiger partial charge is 0.258 e. The maximum Gasteiger partial charge on any atom is 0.258 e. The van der Waals surface area contributed by atoms with Crippen LogP contribution in [0.25, 0.3) is 0 Å². The second-order valence-electron chi connectivity index (χ2n) is 7.07. The quantitative estimate of drug-likeness (QED) is 0.464. The van der Waals surface area contributed by atoms with Crippen molar-refractivity contribution in [1.29, 1.82) is 0 Å². The molecule has 154 valence electrons. The zero-order valence-electron chi connectivity index (χ0n) is 16.8. The van der Waals surface area contributed by atoms with Gasteiger partial charge in [-0.3, -0.25) is 9.59 Å². The lowest BCUT2D eigenvalue weighted by Gasteiger charge is -2.09. The van der Waals surface area contributed by atoms with E-state index in [1.54, 1.807) is 18.2 Å². The number of halogens is 1. The summed E-state index contributed by atoms with van der Waals surface area (Å²) in [6, 6.07) is 20.8. The predicted molar refractivity (Wildman–Crippen MR) is 121 cm³/mol. The fraction of sp³-hybridized carbons (Fsp3) is 0.167. The summed E-state index contributed by atoms with van der Waals surface area (Å²) in [7, 11) is 0. The van der Waals surface area contributed by atoms with E-state index in [0.29, 0.717) is 11.6 Å². The van der Waals surface area contributed by atoms with Crippen LogP contribution in [0.15, 0.2) is 77.7 Å². The van der Waals surface area contributed by atoms with E-state index in [9.17, 15) is 14.0 Å². The molecule has 0 aromatic heterocycles. The van der Waals surface area contributed by atoms with Crippen LogP contribution in [0.2, 0.25) is 0 Å². The molecule has 0 bridgehead atoms. The first kappa shape index (κ1) is 21.6. The molecule has 3 aromatic carbocycles. The SMILES string of the molecule is CC(C)c1ccc(NC(=O)CSc2ccc(NC(=O)c3ccccc3F)cc2)cc1. The summed E-state index contributed by atoms with van der Waals surface area (Å²) in [6.45, 7) is 4.25. The zero-order valence-corrected chi connectivity index (χ0v) is 17.6. The highest BCUT2D eigenvalue weighted by atomic mass is 32.2. The monoisotopic (exact) mass is 422 g/mol. The van der Waals surface area contributed by atoms with Crippen LogP contribution in [0.1, 0.15) is 35.7 Å². The van der Waals surface area contributed by atoms with Crippen molar-refractivity contribution in [2.75, 3.05) is 16.4 Å². The molecule has 0 unspecified atom stereocenters. The van der Waals surface area contributed by atoms with Gasteiger partial charge in [0.25, 0.3) is 5.91 Å². The molecule has 0 saturated carbocycles. The largest absolute Gasteiger partial charge is 0.325 e. The molecule has 0 spiro atoms. The molecule has 0 fully saturated rings. The Labute approximate surface area is 179 Å². The van der Waals surface area contributed by atoms with Crippen molar-refractivity contribution in [2.24, 2.45) is 0 Å². The first-order valence-corrected chi connectivity index (χ1v) is 10.6. The molecule has 30 heavy (non-hydrogen) atoms. The lowest BCUT2D eigenvalue weighted by Crippen LogP contribution is -2.14. The standard InChI is InChI=1S/C24H23FN2O2S/c1-16(2)17-7-9-18(10-8-17)26-23(28)15-30-20-13-11-19(12-14-20)27-24(29)21-5-3-4-6-22(21)25/h3-14,16H,15H2,1-2H3,(H,26,28)(H,27,29). The number of benzene rings is 3. The summed E-state index contributed by atoms with van der Waals surface area (Å²) in [5.74, 6) is -0.435. The molecule has 0 atom stereocenters. The number of hydrogen-bond acceptors (Lipinski definition) is 3. The number of hydrogen-bond donors (Lipinski definition) is 2. The van der Waals surface area contributed by atoms with Crippen molar-refractivity contribution >= 4 is 35.0 Å². The minimum absolute atomic E-state index is 0.00551. The number of carbonyl (C=O) groups excluding carboxylic acids is 2. The number of amides is 2. The van der Waals surface area contributed by atoms with E-state index in [2.05, 4.69) is 24.5 Å². The van der Waals surface area contributed by atoms with Crippen LogP contribution in [-0.4, -0.2) is 17.6 Å². The molecular formula is C24H23FN2O2S. The minimum Gasteiger partial charge on any atom is -0.325 e. The lowest BCUT2D eigenvalue weighted by molar-refractivity contribution is -0.113. The third kappa shape index (κ3) is 5.94. The Morgan fingerprint density at radius 3 is 2.10 bits per heavy atom. The minimum atomic E-state index is -0.563. The van der Waals surface area contributed by atoms with E-state index in [1.807, 2.05) is 36.4 Å². The second-order valence-corrected chi connectivity index (χ2v) is 8.12. The van der Waals surface area contributed by atoms with Crippen LogP contribution in [0, 0.1) is 5.82 Å². The highest BCUT2D eigenvalue weighted by molar-refractivity contribution is 8.00. The van der Waals surface area contributed by atoms with Crippen molar-refractivity contribution in [3.63, 3.8) is 0 Å². The summed E-state index contributed by atoms with van der Waals surface area (Å²) >= 11 is 1.40. The molecule has 0 aliphatic carbocycles. The van der Waals surface area contributed by atoms with Gasteiger partial charge in [-0.25, -0.2) is 4.39 Å². The van der Waals surface area contributed by atoms with Crippen LogP contribution in [-0.2, 0) is 4.79 Å². The molecule has 0 aliphatic rings. The van der Waals surface area contributed by atoms with Crippen molar-refractivity contribution in [3.05, 3.63) is 89.7 Å². The predicted octanol–water partition coefficient (Wildman–Crippen LogP) is 5.93. The summed E-state index contributed by atoms with van der Waals surface area (Å²) in [5, 5.41) is 5.56. The number of nitrogens with one attached hydrogen (secondary N) is 2. The van der Waals surface area contributed by atoms with Crippen LogP contribution < -0.4 is 10.6 Å². The van der Waals surface area contributed by atoms with Gasteiger partial charge < -0.3 is 10.6 Å². The molecule has 3 aromatic rings. The second kappa shape index (κ2) is 10.1. The molecule has 2 N–H and O–H groups in total. The van der Waals surface area contributed by atoms with E-state index >= 15 is 0 Å². The first-order chi connectivity index (χ1) is 14.4. The van der Waals surface area contributed by atoms with E-state index < -0.39 is 11.7 Å². The molecule has 0 radical (unpaired) electrons. The maximum absolute atomic E-state index is 13.7. The Bertz CT molecular complexity index is 1020. The van der Waals surface area contributed by atoms with Gasteiger partial charge in [0.1, 0.15) is 5.82 Å². The van der Waals surface area contributed by atoms with Crippen LogP contribution in [0.4, 0.5) is 15.8 Å². The normalized spacial score (nSPS) is 10.7. The van der Waals surface area contributed by atoms with Gasteiger partial charge in [-0.15, -0.1) is 11.8 Å². The molecular weight excluding hydrogens is 399 g/mol. The number of carbonyl (C=O) groups is 2. The van der Waals surface area contributed by atoms with Gasteiger partial charge in [0, 0.05) is 16.3 Å². The van der Waals surface area contributed by atoms with E-state index in [1.165, 1.54) is 35.5 Å². The Hall–Kier alpha value is -3.12. The van der Waals surface area contributed by atoms with E-state index in [-0.39, 0.29) is 17.2 Å². The summed E-state index contributed by atoms with van der Waals surface area (Å²) in [5.41, 5.74) is 2.55. The fourth-order valence-corrected chi connectivity index (χ4v) is 3.47. The molecule has 6 heteroatoms. The highest BCUT2D eigenvalue weighted by Crippen LogP contribution is 2.22. The number of rotatable bonds is 7. The third-order valence-corrected chi connectivity index (χ3v) is 5.47. The Balaban J connectivity index is 1.50. The molecule has 2 amide bonds. The molecule has 0 aliphatic heterocycles. The lowest BCUT2D eigenvalue weighted by atomic mass is 10.0. The van der Waals surface area contributed by atoms with Gasteiger partial charge in [0.15, 0.2) is 0 Å². The van der Waals surface area contributed by atoms with Crippen LogP contribution >= 0.6 is 11.8 Å². The van der Waals surface area contributed by atoms with Gasteiger partial charge in [-0.2, -0.15) is 0 Å². The van der Waals surface area contributed by atoms with Gasteiger partial charge in [-0.1, -0.05) is 38.1 Å². The average molecular weight is 423 g/mol.